The number of para-hydroxylation sites is 2. The van der Waals surface area contributed by atoms with Gasteiger partial charge in [-0.2, -0.15) is 9.97 Å². The summed E-state index contributed by atoms with van der Waals surface area (Å²) >= 11 is 3.48. The van der Waals surface area contributed by atoms with E-state index in [1.807, 2.05) is 6.07 Å². The average Bonchev–Trinajstić information content (AvgIpc) is 3.68. The number of benzene rings is 7. The molecule has 0 amide bonds. The third-order valence-corrected chi connectivity index (χ3v) is 11.4. The van der Waals surface area contributed by atoms with Crippen LogP contribution in [0.3, 0.4) is 0 Å². The van der Waals surface area contributed by atoms with Gasteiger partial charge in [0, 0.05) is 20.2 Å². The highest BCUT2D eigenvalue weighted by atomic mass is 32.2. The first kappa shape index (κ1) is 28.2. The van der Waals surface area contributed by atoms with Gasteiger partial charge in [0.1, 0.15) is 0 Å². The van der Waals surface area contributed by atoms with Gasteiger partial charge in [-0.25, -0.2) is 4.98 Å². The van der Waals surface area contributed by atoms with Gasteiger partial charge in [0.2, 0.25) is 5.95 Å². The Morgan fingerprint density at radius 3 is 1.59 bits per heavy atom. The molecule has 0 radical (unpaired) electrons. The molecule has 230 valence electrons. The summed E-state index contributed by atoms with van der Waals surface area (Å²) in [5.74, 6) is 1.89. The van der Waals surface area contributed by atoms with Gasteiger partial charge in [0.25, 0.3) is 0 Å². The largest absolute Gasteiger partial charge is 0.277 e. The van der Waals surface area contributed by atoms with Crippen molar-refractivity contribution in [2.45, 2.75) is 9.79 Å². The monoisotopic (exact) mass is 662 g/mol. The number of anilines is 3. The van der Waals surface area contributed by atoms with E-state index in [-0.39, 0.29) is 0 Å². The zero-order valence-electron chi connectivity index (χ0n) is 26.1. The topological polar surface area (TPSA) is 41.9 Å². The highest BCUT2D eigenvalue weighted by Crippen LogP contribution is 2.51. The second kappa shape index (κ2) is 11.4. The highest BCUT2D eigenvalue weighted by Gasteiger charge is 2.28. The van der Waals surface area contributed by atoms with E-state index >= 15 is 0 Å². The molecule has 0 unspecified atom stereocenters. The van der Waals surface area contributed by atoms with E-state index in [1.165, 1.54) is 42.8 Å². The summed E-state index contributed by atoms with van der Waals surface area (Å²) in [5.41, 5.74) is 4.24. The van der Waals surface area contributed by atoms with Crippen LogP contribution in [-0.4, -0.2) is 15.0 Å². The predicted molar refractivity (Wildman–Crippen MR) is 205 cm³/mol. The summed E-state index contributed by atoms with van der Waals surface area (Å²) in [7, 11) is 0. The van der Waals surface area contributed by atoms with Crippen LogP contribution in [0.5, 0.6) is 0 Å². The number of thiophene rings is 1. The maximum absolute atomic E-state index is 5.26. The predicted octanol–water partition coefficient (Wildman–Crippen LogP) is 12.3. The molecule has 0 bridgehead atoms. The summed E-state index contributed by atoms with van der Waals surface area (Å²) < 4.78 is 0. The molecule has 0 fully saturated rings. The Bertz CT molecular complexity index is 2640. The molecule has 0 saturated carbocycles. The van der Waals surface area contributed by atoms with Crippen molar-refractivity contribution in [2.24, 2.45) is 0 Å². The molecule has 1 aliphatic rings. The number of fused-ring (bicyclic) bond motifs is 8. The van der Waals surface area contributed by atoms with Gasteiger partial charge in [-0.15, -0.1) is 11.3 Å². The smallest absolute Gasteiger partial charge is 0.238 e. The Morgan fingerprint density at radius 2 is 0.918 bits per heavy atom. The fourth-order valence-electron chi connectivity index (χ4n) is 6.89. The van der Waals surface area contributed by atoms with Crippen LogP contribution in [0.25, 0.3) is 64.8 Å². The van der Waals surface area contributed by atoms with E-state index in [4.69, 9.17) is 15.0 Å². The molecule has 0 aliphatic carbocycles. The molecule has 0 spiro atoms. The normalized spacial score (nSPS) is 12.4. The van der Waals surface area contributed by atoms with Gasteiger partial charge < -0.3 is 0 Å². The van der Waals surface area contributed by atoms with Gasteiger partial charge >= 0.3 is 0 Å². The molecule has 7 aromatic carbocycles. The zero-order valence-corrected chi connectivity index (χ0v) is 27.7. The van der Waals surface area contributed by atoms with Crippen LogP contribution >= 0.6 is 23.1 Å². The minimum atomic E-state index is 0.596. The molecule has 3 heterocycles. The van der Waals surface area contributed by atoms with Gasteiger partial charge in [-0.3, -0.25) is 4.90 Å². The quantitative estimate of drug-likeness (QED) is 0.175. The van der Waals surface area contributed by atoms with Crippen LogP contribution in [0.4, 0.5) is 17.3 Å². The second-order valence-electron chi connectivity index (χ2n) is 12.0. The molecule has 9 aromatic rings. The molecule has 4 nitrogen and oxygen atoms in total. The fraction of sp³-hybridized carbons (Fsp3) is 0. The lowest BCUT2D eigenvalue weighted by Gasteiger charge is -2.31. The third-order valence-electron chi connectivity index (χ3n) is 9.14. The SMILES string of the molecule is c1ccc(-c2ccc(-c3nc(-c4ccc5c6ccccc6c6ccccc6c5c4)nc(N4c5ccccc5Sc5ccccc54)n3)s2)cc1. The van der Waals surface area contributed by atoms with Crippen LogP contribution in [0.2, 0.25) is 0 Å². The summed E-state index contributed by atoms with van der Waals surface area (Å²) in [6, 6.07) is 55.7. The Balaban J connectivity index is 1.22. The van der Waals surface area contributed by atoms with E-state index in [0.29, 0.717) is 17.6 Å². The Hall–Kier alpha value is -5.82. The highest BCUT2D eigenvalue weighted by molar-refractivity contribution is 7.99. The molecule has 1 aliphatic heterocycles. The minimum Gasteiger partial charge on any atom is -0.277 e. The number of hydrogen-bond donors (Lipinski definition) is 0. The van der Waals surface area contributed by atoms with Crippen molar-refractivity contribution in [3.63, 3.8) is 0 Å². The second-order valence-corrected chi connectivity index (χ2v) is 14.2. The van der Waals surface area contributed by atoms with E-state index in [9.17, 15) is 0 Å². The number of nitrogens with zero attached hydrogens (tertiary/aromatic N) is 4. The van der Waals surface area contributed by atoms with Gasteiger partial charge in [0.05, 0.1) is 16.3 Å². The van der Waals surface area contributed by atoms with Crippen molar-refractivity contribution in [2.75, 3.05) is 4.90 Å². The molecule has 6 heteroatoms. The number of rotatable bonds is 4. The van der Waals surface area contributed by atoms with Crippen molar-refractivity contribution in [1.82, 2.24) is 15.0 Å². The summed E-state index contributed by atoms with van der Waals surface area (Å²) in [4.78, 5) is 22.4. The van der Waals surface area contributed by atoms with Crippen molar-refractivity contribution < 1.29 is 0 Å². The maximum Gasteiger partial charge on any atom is 0.238 e. The Morgan fingerprint density at radius 1 is 0.388 bits per heavy atom. The summed E-state index contributed by atoms with van der Waals surface area (Å²) in [6.07, 6.45) is 0. The first-order valence-electron chi connectivity index (χ1n) is 16.2. The first-order valence-corrected chi connectivity index (χ1v) is 17.8. The molecule has 0 atom stereocenters. The number of hydrogen-bond acceptors (Lipinski definition) is 6. The Kier molecular flexibility index (Phi) is 6.57. The summed E-state index contributed by atoms with van der Waals surface area (Å²) in [5, 5.41) is 7.36. The standard InChI is InChI=1S/C43H26N4S2/c1-2-12-27(13-3-1)37-24-25-40(48-37)42-44-41(45-43(46-42)47-35-18-8-10-20-38(35)49-39-21-11-9-19-36(39)47)28-22-23-33-31-16-5-4-14-29(31)30-15-6-7-17-32(30)34(33)26-28/h1-26H. The van der Waals surface area contributed by atoms with Gasteiger partial charge in [0.15, 0.2) is 11.6 Å². The number of aromatic nitrogens is 3. The van der Waals surface area contributed by atoms with E-state index < -0.39 is 0 Å². The molecule has 10 rings (SSSR count). The zero-order chi connectivity index (χ0) is 32.3. The maximum atomic E-state index is 5.26. The van der Waals surface area contributed by atoms with Crippen LogP contribution in [0, 0.1) is 0 Å². The first-order chi connectivity index (χ1) is 24.3. The lowest BCUT2D eigenvalue weighted by atomic mass is 9.93. The molecular formula is C43H26N4S2. The van der Waals surface area contributed by atoms with Crippen molar-refractivity contribution in [3.05, 3.63) is 158 Å². The van der Waals surface area contributed by atoms with Crippen LogP contribution in [0.15, 0.2) is 168 Å². The van der Waals surface area contributed by atoms with E-state index in [2.05, 4.69) is 157 Å². The third kappa shape index (κ3) is 4.71. The van der Waals surface area contributed by atoms with Crippen LogP contribution in [0.1, 0.15) is 0 Å². The molecule has 49 heavy (non-hydrogen) atoms. The molecule has 0 N–H and O–H groups in total. The van der Waals surface area contributed by atoms with Crippen molar-refractivity contribution in [1.29, 1.82) is 0 Å². The lowest BCUT2D eigenvalue weighted by molar-refractivity contribution is 1.01. The van der Waals surface area contributed by atoms with Crippen molar-refractivity contribution in [3.8, 4) is 32.5 Å². The van der Waals surface area contributed by atoms with Crippen LogP contribution < -0.4 is 4.90 Å². The molecule has 2 aromatic heterocycles. The van der Waals surface area contributed by atoms with E-state index in [0.717, 1.165) is 31.6 Å². The fourth-order valence-corrected chi connectivity index (χ4v) is 8.89. The summed E-state index contributed by atoms with van der Waals surface area (Å²) in [6.45, 7) is 0. The van der Waals surface area contributed by atoms with Crippen molar-refractivity contribution >= 4 is 72.7 Å². The van der Waals surface area contributed by atoms with Gasteiger partial charge in [-0.05, 0) is 80.3 Å². The van der Waals surface area contributed by atoms with Gasteiger partial charge in [-0.1, -0.05) is 127 Å². The average molecular weight is 663 g/mol. The van der Waals surface area contributed by atoms with E-state index in [1.54, 1.807) is 23.1 Å². The van der Waals surface area contributed by atoms with Crippen LogP contribution in [-0.2, 0) is 0 Å². The lowest BCUT2D eigenvalue weighted by Crippen LogP contribution is -2.18. The Labute approximate surface area is 291 Å². The minimum absolute atomic E-state index is 0.596. The molecule has 0 saturated heterocycles. The molecular weight excluding hydrogens is 637 g/mol.